The number of amidine groups is 1. The fraction of sp³-hybridized carbons (Fsp3) is 0.160. The van der Waals surface area contributed by atoms with E-state index >= 15 is 0 Å². The molecule has 0 atom stereocenters. The lowest BCUT2D eigenvalue weighted by atomic mass is 10.0. The zero-order valence-electron chi connectivity index (χ0n) is 17.1. The highest BCUT2D eigenvalue weighted by Gasteiger charge is 2.05. The summed E-state index contributed by atoms with van der Waals surface area (Å²) in [5.74, 6) is 2.46. The van der Waals surface area contributed by atoms with Gasteiger partial charge < -0.3 is 19.9 Å². The van der Waals surface area contributed by atoms with Gasteiger partial charge in [-0.2, -0.15) is 0 Å². The largest absolute Gasteiger partial charge is 0.497 e. The van der Waals surface area contributed by atoms with Gasteiger partial charge >= 0.3 is 0 Å². The van der Waals surface area contributed by atoms with Gasteiger partial charge in [-0.15, -0.1) is 6.58 Å². The highest BCUT2D eigenvalue weighted by atomic mass is 16.5. The van der Waals surface area contributed by atoms with Crippen LogP contribution in [-0.4, -0.2) is 26.2 Å². The van der Waals surface area contributed by atoms with Crippen LogP contribution in [0.25, 0.3) is 11.1 Å². The van der Waals surface area contributed by atoms with E-state index in [-0.39, 0.29) is 5.84 Å². The van der Waals surface area contributed by atoms with Gasteiger partial charge in [0.15, 0.2) is 0 Å². The van der Waals surface area contributed by atoms with Gasteiger partial charge in [0.25, 0.3) is 0 Å². The van der Waals surface area contributed by atoms with E-state index in [4.69, 9.17) is 25.4 Å². The third-order valence-corrected chi connectivity index (χ3v) is 4.63. The smallest absolute Gasteiger partial charge is 0.123 e. The Bertz CT molecular complexity index is 996. The van der Waals surface area contributed by atoms with Crippen molar-refractivity contribution in [2.75, 3.05) is 20.3 Å². The number of nitrogen functional groups attached to an aromatic ring is 1. The minimum Gasteiger partial charge on any atom is -0.497 e. The van der Waals surface area contributed by atoms with Gasteiger partial charge in [-0.3, -0.25) is 5.41 Å². The summed E-state index contributed by atoms with van der Waals surface area (Å²) in [6, 6.07) is 21.2. The van der Waals surface area contributed by atoms with E-state index in [9.17, 15) is 0 Å². The average molecular weight is 402 g/mol. The Hall–Kier alpha value is -3.73. The zero-order chi connectivity index (χ0) is 21.3. The van der Waals surface area contributed by atoms with Crippen molar-refractivity contribution in [1.82, 2.24) is 0 Å². The molecular formula is C25H26N2O3. The van der Waals surface area contributed by atoms with E-state index in [1.807, 2.05) is 72.8 Å². The molecule has 0 heterocycles. The molecule has 0 radical (unpaired) electrons. The van der Waals surface area contributed by atoms with Gasteiger partial charge in [0, 0.05) is 11.1 Å². The Labute approximate surface area is 177 Å². The first-order chi connectivity index (χ1) is 14.6. The molecule has 0 spiro atoms. The van der Waals surface area contributed by atoms with Gasteiger partial charge in [-0.25, -0.2) is 0 Å². The van der Waals surface area contributed by atoms with Crippen molar-refractivity contribution in [3.05, 3.63) is 90.5 Å². The normalized spacial score (nSPS) is 10.3. The van der Waals surface area contributed by atoms with Crippen molar-refractivity contribution in [3.63, 3.8) is 0 Å². The van der Waals surface area contributed by atoms with Gasteiger partial charge in [-0.05, 0) is 47.9 Å². The van der Waals surface area contributed by atoms with Crippen LogP contribution in [0, 0.1) is 5.41 Å². The molecule has 0 fully saturated rings. The molecule has 0 unspecified atom stereocenters. The molecule has 0 aliphatic carbocycles. The Morgan fingerprint density at radius 1 is 0.900 bits per heavy atom. The Morgan fingerprint density at radius 2 is 1.50 bits per heavy atom. The number of benzene rings is 3. The monoisotopic (exact) mass is 402 g/mol. The molecule has 0 saturated heterocycles. The number of rotatable bonds is 10. The number of nitrogens with one attached hydrogen (secondary N) is 1. The second-order valence-corrected chi connectivity index (χ2v) is 6.68. The van der Waals surface area contributed by atoms with Crippen LogP contribution < -0.4 is 19.9 Å². The highest BCUT2D eigenvalue weighted by molar-refractivity contribution is 5.95. The first kappa shape index (κ1) is 21.0. The summed E-state index contributed by atoms with van der Waals surface area (Å²) in [5, 5.41) is 7.47. The summed E-state index contributed by atoms with van der Waals surface area (Å²) < 4.78 is 16.9. The Kier molecular flexibility index (Phi) is 7.11. The molecule has 3 aromatic carbocycles. The molecule has 5 nitrogen and oxygen atoms in total. The summed E-state index contributed by atoms with van der Waals surface area (Å²) in [4.78, 5) is 0. The maximum atomic E-state index is 7.47. The molecule has 0 amide bonds. The van der Waals surface area contributed by atoms with Crippen molar-refractivity contribution in [2.45, 2.75) is 6.42 Å². The summed E-state index contributed by atoms with van der Waals surface area (Å²) >= 11 is 0. The number of ether oxygens (including phenoxy) is 3. The molecule has 3 aromatic rings. The molecule has 154 valence electrons. The molecule has 0 saturated carbocycles. The molecule has 0 aromatic heterocycles. The van der Waals surface area contributed by atoms with Crippen LogP contribution in [0.1, 0.15) is 11.1 Å². The van der Waals surface area contributed by atoms with Crippen LogP contribution >= 0.6 is 0 Å². The van der Waals surface area contributed by atoms with Crippen LogP contribution in [-0.2, 0) is 6.42 Å². The van der Waals surface area contributed by atoms with Crippen LogP contribution in [0.4, 0.5) is 0 Å². The second-order valence-electron chi connectivity index (χ2n) is 6.68. The van der Waals surface area contributed by atoms with E-state index in [1.165, 1.54) is 0 Å². The SMILES string of the molecule is C=CCc1cc(OC)ccc1OCCOc1ccc(-c2ccc(C(=N)N)cc2)cc1. The molecule has 0 aliphatic heterocycles. The molecule has 0 aliphatic rings. The molecular weight excluding hydrogens is 376 g/mol. The molecule has 3 rings (SSSR count). The number of allylic oxidation sites excluding steroid dienone is 1. The summed E-state index contributed by atoms with van der Waals surface area (Å²) in [6.07, 6.45) is 2.55. The maximum absolute atomic E-state index is 7.47. The molecule has 3 N–H and O–H groups in total. The first-order valence-electron chi connectivity index (χ1n) is 9.69. The molecule has 30 heavy (non-hydrogen) atoms. The highest BCUT2D eigenvalue weighted by Crippen LogP contribution is 2.25. The van der Waals surface area contributed by atoms with E-state index in [1.54, 1.807) is 7.11 Å². The standard InChI is InChI=1S/C25H26N2O3/c1-3-4-21-17-23(28-2)13-14-24(21)30-16-15-29-22-11-9-19(10-12-22)18-5-7-20(8-6-18)25(26)27/h3,5-14,17H,1,4,15-16H2,2H3,(H3,26,27). The van der Waals surface area contributed by atoms with Crippen LogP contribution in [0.2, 0.25) is 0 Å². The maximum Gasteiger partial charge on any atom is 0.123 e. The van der Waals surface area contributed by atoms with Crippen LogP contribution in [0.5, 0.6) is 17.2 Å². The van der Waals surface area contributed by atoms with Crippen molar-refractivity contribution in [1.29, 1.82) is 5.41 Å². The predicted octanol–water partition coefficient (Wildman–Crippen LogP) is 4.83. The van der Waals surface area contributed by atoms with E-state index in [2.05, 4.69) is 6.58 Å². The van der Waals surface area contributed by atoms with Gasteiger partial charge in [0.2, 0.25) is 0 Å². The summed E-state index contributed by atoms with van der Waals surface area (Å²) in [7, 11) is 1.65. The van der Waals surface area contributed by atoms with Crippen molar-refractivity contribution in [3.8, 4) is 28.4 Å². The number of methoxy groups -OCH3 is 1. The molecule has 5 heteroatoms. The Morgan fingerprint density at radius 3 is 2.10 bits per heavy atom. The fourth-order valence-electron chi connectivity index (χ4n) is 3.04. The van der Waals surface area contributed by atoms with Gasteiger partial charge in [0.05, 0.1) is 7.11 Å². The third-order valence-electron chi connectivity index (χ3n) is 4.63. The number of hydrogen-bond donors (Lipinski definition) is 2. The summed E-state index contributed by atoms with van der Waals surface area (Å²) in [5.41, 5.74) is 9.38. The van der Waals surface area contributed by atoms with Gasteiger partial charge in [-0.1, -0.05) is 42.5 Å². The third kappa shape index (κ3) is 5.41. The minimum absolute atomic E-state index is 0.0683. The minimum atomic E-state index is 0.0683. The van der Waals surface area contributed by atoms with E-state index in [0.29, 0.717) is 25.2 Å². The number of nitrogens with two attached hydrogens (primary N) is 1. The van der Waals surface area contributed by atoms with Crippen LogP contribution in [0.15, 0.2) is 79.4 Å². The van der Waals surface area contributed by atoms with E-state index in [0.717, 1.165) is 33.9 Å². The second kappa shape index (κ2) is 10.2. The topological polar surface area (TPSA) is 77.6 Å². The lowest BCUT2D eigenvalue weighted by Gasteiger charge is -2.13. The van der Waals surface area contributed by atoms with E-state index < -0.39 is 0 Å². The van der Waals surface area contributed by atoms with Crippen molar-refractivity contribution in [2.24, 2.45) is 5.73 Å². The van der Waals surface area contributed by atoms with Gasteiger partial charge in [0.1, 0.15) is 36.3 Å². The lowest BCUT2D eigenvalue weighted by molar-refractivity contribution is 0.216. The predicted molar refractivity (Wildman–Crippen MR) is 121 cm³/mol. The molecule has 0 bridgehead atoms. The Balaban J connectivity index is 1.53. The van der Waals surface area contributed by atoms with Crippen molar-refractivity contribution >= 4 is 5.84 Å². The van der Waals surface area contributed by atoms with Crippen LogP contribution in [0.3, 0.4) is 0 Å². The van der Waals surface area contributed by atoms with Crippen molar-refractivity contribution < 1.29 is 14.2 Å². The first-order valence-corrected chi connectivity index (χ1v) is 9.69. The summed E-state index contributed by atoms with van der Waals surface area (Å²) in [6.45, 7) is 4.67. The zero-order valence-corrected chi connectivity index (χ0v) is 17.1. The lowest BCUT2D eigenvalue weighted by Crippen LogP contribution is -2.10. The number of hydrogen-bond acceptors (Lipinski definition) is 4. The fourth-order valence-corrected chi connectivity index (χ4v) is 3.04. The quantitative estimate of drug-likeness (QED) is 0.220. The average Bonchev–Trinajstić information content (AvgIpc) is 2.78.